The monoisotopic (exact) mass is 147 g/mol. The Morgan fingerprint density at radius 2 is 2.10 bits per heavy atom. The van der Waals surface area contributed by atoms with Crippen LogP contribution in [0, 0.1) is 0 Å². The van der Waals surface area contributed by atoms with Crippen LogP contribution in [0.4, 0.5) is 4.39 Å². The topological polar surface area (TPSA) is 3.24 Å². The van der Waals surface area contributed by atoms with Gasteiger partial charge in [0.2, 0.25) is 0 Å². The molecule has 10 heavy (non-hydrogen) atoms. The number of halogens is 1. The molecule has 0 bridgehead atoms. The van der Waals surface area contributed by atoms with Crippen LogP contribution in [0.2, 0.25) is 0 Å². The fraction of sp³-hybridized carbons (Fsp3) is 1.00. The smallest absolute Gasteiger partial charge is 0.110 e. The van der Waals surface area contributed by atoms with E-state index >= 15 is 0 Å². The fourth-order valence-corrected chi connectivity index (χ4v) is 0.949. The van der Waals surface area contributed by atoms with Crippen molar-refractivity contribution in [1.29, 1.82) is 0 Å². The molecule has 2 heteroatoms. The summed E-state index contributed by atoms with van der Waals surface area (Å²) >= 11 is 0. The van der Waals surface area contributed by atoms with E-state index in [1.165, 1.54) is 12.8 Å². The third kappa shape index (κ3) is 6.02. The van der Waals surface area contributed by atoms with E-state index in [0.29, 0.717) is 6.54 Å². The first kappa shape index (κ1) is 9.89. The molecule has 0 rings (SSSR count). The Morgan fingerprint density at radius 3 is 2.50 bits per heavy atom. The molecule has 0 spiro atoms. The Hall–Kier alpha value is -0.110. The van der Waals surface area contributed by atoms with Crippen LogP contribution >= 0.6 is 0 Å². The molecule has 1 atom stereocenters. The second kappa shape index (κ2) is 5.66. The summed E-state index contributed by atoms with van der Waals surface area (Å²) in [5.41, 5.74) is 0. The van der Waals surface area contributed by atoms with Gasteiger partial charge in [-0.1, -0.05) is 13.3 Å². The summed E-state index contributed by atoms with van der Waals surface area (Å²) in [5, 5.41) is 0. The molecule has 0 aromatic carbocycles. The molecular formula is C8H18FN. The Bertz CT molecular complexity index is 73.7. The maximum absolute atomic E-state index is 12.3. The molecule has 1 nitrogen and oxygen atoms in total. The molecule has 0 aliphatic rings. The van der Waals surface area contributed by atoms with Gasteiger partial charge in [0, 0.05) is 6.54 Å². The van der Waals surface area contributed by atoms with Crippen LogP contribution in [0.5, 0.6) is 0 Å². The van der Waals surface area contributed by atoms with Crippen LogP contribution in [0.25, 0.3) is 0 Å². The first-order chi connectivity index (χ1) is 4.66. The van der Waals surface area contributed by atoms with Crippen molar-refractivity contribution in [3.8, 4) is 0 Å². The zero-order valence-electron chi connectivity index (χ0n) is 7.23. The third-order valence-corrected chi connectivity index (χ3v) is 1.46. The Kier molecular flexibility index (Phi) is 5.60. The molecule has 0 heterocycles. The number of unbranched alkanes of at least 4 members (excludes halogenated alkanes) is 1. The molecule has 0 N–H and O–H groups in total. The van der Waals surface area contributed by atoms with Crippen LogP contribution in [-0.4, -0.2) is 31.2 Å². The lowest BCUT2D eigenvalue weighted by molar-refractivity contribution is 0.232. The third-order valence-electron chi connectivity index (χ3n) is 1.46. The predicted octanol–water partition coefficient (Wildman–Crippen LogP) is 2.08. The van der Waals surface area contributed by atoms with Crippen molar-refractivity contribution in [3.05, 3.63) is 0 Å². The van der Waals surface area contributed by atoms with Gasteiger partial charge in [-0.05, 0) is 26.9 Å². The van der Waals surface area contributed by atoms with E-state index in [4.69, 9.17) is 0 Å². The van der Waals surface area contributed by atoms with Gasteiger partial charge >= 0.3 is 0 Å². The highest BCUT2D eigenvalue weighted by atomic mass is 19.1. The molecule has 0 aromatic rings. The van der Waals surface area contributed by atoms with E-state index in [9.17, 15) is 4.39 Å². The molecule has 0 aliphatic heterocycles. The van der Waals surface area contributed by atoms with Crippen molar-refractivity contribution >= 4 is 0 Å². The molecule has 0 aromatic heterocycles. The van der Waals surface area contributed by atoms with Gasteiger partial charge in [-0.3, -0.25) is 0 Å². The molecule has 0 amide bonds. The van der Waals surface area contributed by atoms with Crippen molar-refractivity contribution in [2.45, 2.75) is 32.9 Å². The average Bonchev–Trinajstić information content (AvgIpc) is 1.82. The van der Waals surface area contributed by atoms with E-state index in [1.54, 1.807) is 6.92 Å². The van der Waals surface area contributed by atoms with Gasteiger partial charge in [0.1, 0.15) is 6.17 Å². The summed E-state index contributed by atoms with van der Waals surface area (Å²) < 4.78 is 12.3. The summed E-state index contributed by atoms with van der Waals surface area (Å²) in [4.78, 5) is 2.04. The Morgan fingerprint density at radius 1 is 1.50 bits per heavy atom. The molecule has 1 unspecified atom stereocenters. The van der Waals surface area contributed by atoms with Gasteiger partial charge in [-0.15, -0.1) is 0 Å². The lowest BCUT2D eigenvalue weighted by Gasteiger charge is -2.16. The minimum atomic E-state index is -0.693. The second-order valence-electron chi connectivity index (χ2n) is 2.90. The summed E-state index contributed by atoms with van der Waals surface area (Å²) in [6.45, 7) is 5.33. The van der Waals surface area contributed by atoms with Gasteiger partial charge in [0.15, 0.2) is 0 Å². The highest BCUT2D eigenvalue weighted by Gasteiger charge is 2.02. The van der Waals surface area contributed by atoms with E-state index < -0.39 is 6.17 Å². The van der Waals surface area contributed by atoms with E-state index in [1.807, 2.05) is 11.9 Å². The van der Waals surface area contributed by atoms with Gasteiger partial charge in [0.05, 0.1) is 0 Å². The number of nitrogens with zero attached hydrogens (tertiary/aromatic N) is 1. The van der Waals surface area contributed by atoms with Gasteiger partial charge in [-0.25, -0.2) is 4.39 Å². The summed E-state index contributed by atoms with van der Waals surface area (Å²) in [6, 6.07) is 0. The molecular weight excluding hydrogens is 129 g/mol. The van der Waals surface area contributed by atoms with E-state index in [2.05, 4.69) is 6.92 Å². The first-order valence-corrected chi connectivity index (χ1v) is 3.99. The van der Waals surface area contributed by atoms with Crippen molar-refractivity contribution < 1.29 is 4.39 Å². The van der Waals surface area contributed by atoms with Gasteiger partial charge < -0.3 is 4.90 Å². The number of hydrogen-bond acceptors (Lipinski definition) is 1. The lowest BCUT2D eigenvalue weighted by Crippen LogP contribution is -2.25. The van der Waals surface area contributed by atoms with Gasteiger partial charge in [0.25, 0.3) is 0 Å². The molecule has 0 radical (unpaired) electrons. The number of alkyl halides is 1. The summed E-state index contributed by atoms with van der Waals surface area (Å²) in [5.74, 6) is 0. The van der Waals surface area contributed by atoms with Crippen molar-refractivity contribution in [2.75, 3.05) is 20.1 Å². The average molecular weight is 147 g/mol. The summed E-state index contributed by atoms with van der Waals surface area (Å²) in [7, 11) is 1.96. The lowest BCUT2D eigenvalue weighted by atomic mass is 10.3. The summed E-state index contributed by atoms with van der Waals surface area (Å²) in [6.07, 6.45) is 1.66. The number of hydrogen-bond donors (Lipinski definition) is 0. The molecule has 0 fully saturated rings. The van der Waals surface area contributed by atoms with Crippen molar-refractivity contribution in [2.24, 2.45) is 0 Å². The normalized spacial score (nSPS) is 14.1. The van der Waals surface area contributed by atoms with E-state index in [0.717, 1.165) is 6.54 Å². The van der Waals surface area contributed by atoms with Crippen LogP contribution < -0.4 is 0 Å². The minimum Gasteiger partial charge on any atom is -0.303 e. The van der Waals surface area contributed by atoms with Crippen molar-refractivity contribution in [1.82, 2.24) is 4.90 Å². The Balaban J connectivity index is 3.16. The maximum atomic E-state index is 12.3. The van der Waals surface area contributed by atoms with Crippen LogP contribution in [0.1, 0.15) is 26.7 Å². The second-order valence-corrected chi connectivity index (χ2v) is 2.90. The minimum absolute atomic E-state index is 0.569. The number of rotatable bonds is 5. The first-order valence-electron chi connectivity index (χ1n) is 3.99. The van der Waals surface area contributed by atoms with Crippen LogP contribution in [-0.2, 0) is 0 Å². The zero-order chi connectivity index (χ0) is 7.98. The molecule has 0 aliphatic carbocycles. The van der Waals surface area contributed by atoms with E-state index in [-0.39, 0.29) is 0 Å². The molecule has 0 saturated heterocycles. The molecule has 62 valence electrons. The standard InChI is InChI=1S/C8H18FN/c1-4-5-6-10(3)7-8(2)9/h8H,4-7H2,1-3H3. The SMILES string of the molecule is CCCCN(C)CC(C)F. The zero-order valence-corrected chi connectivity index (χ0v) is 7.23. The fourth-order valence-electron chi connectivity index (χ4n) is 0.949. The Labute approximate surface area is 63.2 Å². The van der Waals surface area contributed by atoms with Crippen LogP contribution in [0.15, 0.2) is 0 Å². The van der Waals surface area contributed by atoms with Crippen molar-refractivity contribution in [3.63, 3.8) is 0 Å². The quantitative estimate of drug-likeness (QED) is 0.575. The van der Waals surface area contributed by atoms with Crippen LogP contribution in [0.3, 0.4) is 0 Å². The molecule has 0 saturated carbocycles. The highest BCUT2D eigenvalue weighted by Crippen LogP contribution is 1.95. The maximum Gasteiger partial charge on any atom is 0.110 e. The van der Waals surface area contributed by atoms with Gasteiger partial charge in [-0.2, -0.15) is 0 Å². The predicted molar refractivity (Wildman–Crippen MR) is 43.0 cm³/mol. The highest BCUT2D eigenvalue weighted by molar-refractivity contribution is 4.55. The largest absolute Gasteiger partial charge is 0.303 e.